The van der Waals surface area contributed by atoms with E-state index in [1.165, 1.54) is 12.1 Å². The summed E-state index contributed by atoms with van der Waals surface area (Å²) < 4.78 is 52.5. The quantitative estimate of drug-likeness (QED) is 0.360. The zero-order valence-electron chi connectivity index (χ0n) is 18.8. The molecule has 1 amide bonds. The van der Waals surface area contributed by atoms with Crippen LogP contribution in [0.2, 0.25) is 0 Å². The number of nitrogens with zero attached hydrogens (tertiary/aromatic N) is 3. The van der Waals surface area contributed by atoms with Crippen molar-refractivity contribution in [3.05, 3.63) is 69.5 Å². The average Bonchev–Trinajstić information content (AvgIpc) is 2.78. The van der Waals surface area contributed by atoms with E-state index in [4.69, 9.17) is 0 Å². The summed E-state index contributed by atoms with van der Waals surface area (Å²) in [6.45, 7) is 0.871. The van der Waals surface area contributed by atoms with Gasteiger partial charge in [0.05, 0.1) is 16.5 Å². The SMILES string of the molecule is CN(C)C(CNC(=O)C1CCN(c2ccc(C(F)(F)F)cc2[N+](=O)[O-])CC1)c1cccc(F)c1. The molecule has 1 heterocycles. The van der Waals surface area contributed by atoms with Crippen LogP contribution in [0.4, 0.5) is 28.9 Å². The topological polar surface area (TPSA) is 78.7 Å². The fraction of sp³-hybridized carbons (Fsp3) is 0.435. The van der Waals surface area contributed by atoms with Crippen LogP contribution in [-0.4, -0.2) is 49.5 Å². The fourth-order valence-corrected chi connectivity index (χ4v) is 4.15. The molecule has 0 spiro atoms. The molecule has 0 aliphatic carbocycles. The van der Waals surface area contributed by atoms with Crippen LogP contribution in [0.1, 0.15) is 30.0 Å². The molecule has 0 saturated carbocycles. The van der Waals surface area contributed by atoms with Crippen molar-refractivity contribution in [2.45, 2.75) is 25.1 Å². The third-order valence-electron chi connectivity index (χ3n) is 6.03. The van der Waals surface area contributed by atoms with Crippen molar-refractivity contribution < 1.29 is 27.3 Å². The Hall–Kier alpha value is -3.21. The first-order valence-electron chi connectivity index (χ1n) is 10.8. The van der Waals surface area contributed by atoms with Gasteiger partial charge in [-0.3, -0.25) is 14.9 Å². The Morgan fingerprint density at radius 3 is 2.44 bits per heavy atom. The number of benzene rings is 2. The van der Waals surface area contributed by atoms with Crippen LogP contribution in [0, 0.1) is 21.8 Å². The number of amides is 1. The van der Waals surface area contributed by atoms with Crippen LogP contribution in [0.3, 0.4) is 0 Å². The Morgan fingerprint density at radius 2 is 1.88 bits per heavy atom. The summed E-state index contributed by atoms with van der Waals surface area (Å²) in [4.78, 5) is 26.8. The third kappa shape index (κ3) is 6.02. The molecular weight excluding hydrogens is 456 g/mol. The number of nitrogens with one attached hydrogen (secondary N) is 1. The van der Waals surface area contributed by atoms with E-state index < -0.39 is 22.4 Å². The van der Waals surface area contributed by atoms with Gasteiger partial charge in [0.15, 0.2) is 0 Å². The molecular formula is C23H26F4N4O3. The van der Waals surface area contributed by atoms with Crippen molar-refractivity contribution >= 4 is 17.3 Å². The van der Waals surface area contributed by atoms with E-state index in [1.54, 1.807) is 17.0 Å². The highest BCUT2D eigenvalue weighted by Gasteiger charge is 2.35. The van der Waals surface area contributed by atoms with Crippen LogP contribution < -0.4 is 10.2 Å². The second-order valence-electron chi connectivity index (χ2n) is 8.50. The van der Waals surface area contributed by atoms with E-state index in [-0.39, 0.29) is 35.9 Å². The lowest BCUT2D eigenvalue weighted by Crippen LogP contribution is -2.43. The third-order valence-corrected chi connectivity index (χ3v) is 6.03. The number of nitro benzene ring substituents is 1. The highest BCUT2D eigenvalue weighted by atomic mass is 19.4. The van der Waals surface area contributed by atoms with Gasteiger partial charge in [-0.15, -0.1) is 0 Å². The second kappa shape index (κ2) is 10.4. The number of halogens is 4. The smallest absolute Gasteiger partial charge is 0.366 e. The lowest BCUT2D eigenvalue weighted by atomic mass is 9.95. The van der Waals surface area contributed by atoms with E-state index in [2.05, 4.69) is 5.32 Å². The summed E-state index contributed by atoms with van der Waals surface area (Å²) in [6, 6.07) is 8.43. The van der Waals surface area contributed by atoms with Gasteiger partial charge in [-0.25, -0.2) is 4.39 Å². The van der Waals surface area contributed by atoms with Crippen LogP contribution in [0.5, 0.6) is 0 Å². The van der Waals surface area contributed by atoms with Crippen LogP contribution in [-0.2, 0) is 11.0 Å². The predicted octanol–water partition coefficient (Wildman–Crippen LogP) is 4.39. The largest absolute Gasteiger partial charge is 0.416 e. The van der Waals surface area contributed by atoms with E-state index in [9.17, 15) is 32.5 Å². The van der Waals surface area contributed by atoms with E-state index in [0.29, 0.717) is 32.0 Å². The molecule has 184 valence electrons. The fourth-order valence-electron chi connectivity index (χ4n) is 4.15. The van der Waals surface area contributed by atoms with Gasteiger partial charge in [0.2, 0.25) is 5.91 Å². The maximum absolute atomic E-state index is 13.6. The minimum absolute atomic E-state index is 0.107. The van der Waals surface area contributed by atoms with Crippen molar-refractivity contribution in [3.63, 3.8) is 0 Å². The minimum atomic E-state index is -4.68. The lowest BCUT2D eigenvalue weighted by molar-refractivity contribution is -0.384. The molecule has 1 saturated heterocycles. The van der Waals surface area contributed by atoms with Gasteiger partial charge in [-0.05, 0) is 56.8 Å². The van der Waals surface area contributed by atoms with E-state index in [1.807, 2.05) is 19.0 Å². The van der Waals surface area contributed by atoms with Gasteiger partial charge >= 0.3 is 6.18 Å². The highest BCUT2D eigenvalue weighted by Crippen LogP contribution is 2.37. The molecule has 1 unspecified atom stereocenters. The minimum Gasteiger partial charge on any atom is -0.366 e. The molecule has 1 aliphatic rings. The van der Waals surface area contributed by atoms with Gasteiger partial charge in [0, 0.05) is 31.6 Å². The first kappa shape index (κ1) is 25.4. The number of piperidine rings is 1. The Kier molecular flexibility index (Phi) is 7.75. The van der Waals surface area contributed by atoms with E-state index in [0.717, 1.165) is 17.7 Å². The number of hydrogen-bond donors (Lipinski definition) is 1. The molecule has 3 rings (SSSR count). The van der Waals surface area contributed by atoms with Gasteiger partial charge in [0.1, 0.15) is 11.5 Å². The van der Waals surface area contributed by atoms with Crippen molar-refractivity contribution in [3.8, 4) is 0 Å². The zero-order chi connectivity index (χ0) is 25.0. The summed E-state index contributed by atoms with van der Waals surface area (Å²) in [6.07, 6.45) is -3.88. The number of alkyl halides is 3. The lowest BCUT2D eigenvalue weighted by Gasteiger charge is -2.33. The molecule has 2 aromatic rings. The molecule has 34 heavy (non-hydrogen) atoms. The number of carbonyl (C=O) groups excluding carboxylic acids is 1. The monoisotopic (exact) mass is 482 g/mol. The predicted molar refractivity (Wildman–Crippen MR) is 119 cm³/mol. The number of anilines is 1. The van der Waals surface area contributed by atoms with Crippen LogP contribution in [0.15, 0.2) is 42.5 Å². The molecule has 1 fully saturated rings. The van der Waals surface area contributed by atoms with Crippen LogP contribution in [0.25, 0.3) is 0 Å². The number of carbonyl (C=O) groups is 1. The Balaban J connectivity index is 1.62. The maximum Gasteiger partial charge on any atom is 0.416 e. The molecule has 2 aromatic carbocycles. The number of hydrogen-bond acceptors (Lipinski definition) is 5. The second-order valence-corrected chi connectivity index (χ2v) is 8.50. The molecule has 1 aliphatic heterocycles. The number of rotatable bonds is 7. The zero-order valence-corrected chi connectivity index (χ0v) is 18.8. The van der Waals surface area contributed by atoms with Crippen molar-refractivity contribution in [1.29, 1.82) is 0 Å². The van der Waals surface area contributed by atoms with Crippen molar-refractivity contribution in [2.75, 3.05) is 38.6 Å². The van der Waals surface area contributed by atoms with E-state index >= 15 is 0 Å². The van der Waals surface area contributed by atoms with Crippen molar-refractivity contribution in [1.82, 2.24) is 10.2 Å². The first-order chi connectivity index (χ1) is 16.0. The molecule has 0 aromatic heterocycles. The normalized spacial score (nSPS) is 15.9. The first-order valence-corrected chi connectivity index (χ1v) is 10.8. The summed E-state index contributed by atoms with van der Waals surface area (Å²) >= 11 is 0. The summed E-state index contributed by atoms with van der Waals surface area (Å²) in [5.74, 6) is -0.870. The summed E-state index contributed by atoms with van der Waals surface area (Å²) in [7, 11) is 3.66. The van der Waals surface area contributed by atoms with Gasteiger partial charge in [-0.2, -0.15) is 13.2 Å². The van der Waals surface area contributed by atoms with Gasteiger partial charge in [-0.1, -0.05) is 12.1 Å². The molecule has 1 N–H and O–H groups in total. The number of nitro groups is 1. The van der Waals surface area contributed by atoms with Crippen LogP contribution >= 0.6 is 0 Å². The Morgan fingerprint density at radius 1 is 1.21 bits per heavy atom. The number of likely N-dealkylation sites (N-methyl/N-ethyl adjacent to an activating group) is 1. The highest BCUT2D eigenvalue weighted by molar-refractivity contribution is 5.79. The molecule has 1 atom stereocenters. The Bertz CT molecular complexity index is 1040. The molecule has 7 nitrogen and oxygen atoms in total. The standard InChI is InChI=1S/C23H26F4N4O3/c1-29(2)21(16-4-3-5-18(24)12-16)14-28-22(32)15-8-10-30(11-9-15)19-7-6-17(23(25,26)27)13-20(19)31(33)34/h3-7,12-13,15,21H,8-11,14H2,1-2H3,(H,28,32). The van der Waals surface area contributed by atoms with Gasteiger partial charge < -0.3 is 15.1 Å². The maximum atomic E-state index is 13.6. The Labute approximate surface area is 194 Å². The summed E-state index contributed by atoms with van der Waals surface area (Å²) in [5, 5.41) is 14.3. The molecule has 0 radical (unpaired) electrons. The van der Waals surface area contributed by atoms with Gasteiger partial charge in [0.25, 0.3) is 5.69 Å². The molecule has 0 bridgehead atoms. The summed E-state index contributed by atoms with van der Waals surface area (Å²) in [5.41, 5.74) is -0.849. The average molecular weight is 482 g/mol. The molecule has 11 heteroatoms. The van der Waals surface area contributed by atoms with Crippen molar-refractivity contribution in [2.24, 2.45) is 5.92 Å².